The summed E-state index contributed by atoms with van der Waals surface area (Å²) >= 11 is 0. The minimum Gasteiger partial charge on any atom is -0.384 e. The van der Waals surface area contributed by atoms with Crippen LogP contribution >= 0.6 is 0 Å². The fourth-order valence-electron chi connectivity index (χ4n) is 3.43. The number of aromatic nitrogens is 3. The van der Waals surface area contributed by atoms with E-state index < -0.39 is 0 Å². The number of hydroxylamine groups is 1. The van der Waals surface area contributed by atoms with Crippen LogP contribution in [0.15, 0.2) is 72.1 Å². The molecule has 8 nitrogen and oxygen atoms in total. The monoisotopic (exact) mass is 412 g/mol. The molecule has 1 aliphatic heterocycles. The SMILES string of the molecule is CC1N=C(c2cc3cc(-c4ccnc(C(=O)NCc5ccncc5)c4)ccc3[nH]2)ON1. The van der Waals surface area contributed by atoms with E-state index in [4.69, 9.17) is 4.84 Å². The van der Waals surface area contributed by atoms with E-state index in [-0.39, 0.29) is 12.1 Å². The molecule has 0 fully saturated rings. The fourth-order valence-corrected chi connectivity index (χ4v) is 3.43. The van der Waals surface area contributed by atoms with Gasteiger partial charge in [0.05, 0.1) is 0 Å². The molecule has 5 rings (SSSR count). The summed E-state index contributed by atoms with van der Waals surface area (Å²) in [6.45, 7) is 2.34. The fraction of sp³-hybridized carbons (Fsp3) is 0.130. The second-order valence-electron chi connectivity index (χ2n) is 7.28. The molecule has 0 aliphatic carbocycles. The average Bonchev–Trinajstić information content (AvgIpc) is 3.43. The standard InChI is InChI=1S/C23H20N6O2/c1-14-27-23(31-29-14)21-12-18-10-16(2-3-19(18)28-21)17-6-9-25-20(11-17)22(30)26-13-15-4-7-24-8-5-15/h2-12,14,28-29H,13H2,1H3,(H,26,30). The van der Waals surface area contributed by atoms with Crippen LogP contribution < -0.4 is 10.8 Å². The number of carbonyl (C=O) groups is 1. The number of carbonyl (C=O) groups excluding carboxylic acids is 1. The number of amides is 1. The quantitative estimate of drug-likeness (QED) is 0.467. The largest absolute Gasteiger partial charge is 0.384 e. The lowest BCUT2D eigenvalue weighted by atomic mass is 10.0. The molecular weight excluding hydrogens is 392 g/mol. The molecule has 0 bridgehead atoms. The molecule has 8 heteroatoms. The number of benzene rings is 1. The topological polar surface area (TPSA) is 104 Å². The van der Waals surface area contributed by atoms with Crippen molar-refractivity contribution in [3.05, 3.63) is 84.1 Å². The van der Waals surface area contributed by atoms with Gasteiger partial charge in [-0.05, 0) is 66.1 Å². The van der Waals surface area contributed by atoms with Crippen LogP contribution in [0.1, 0.15) is 28.7 Å². The molecule has 4 aromatic rings. The third-order valence-corrected chi connectivity index (χ3v) is 5.02. The van der Waals surface area contributed by atoms with Gasteiger partial charge in [0, 0.05) is 36.0 Å². The summed E-state index contributed by atoms with van der Waals surface area (Å²) in [6, 6.07) is 15.5. The van der Waals surface area contributed by atoms with Crippen LogP contribution in [0.3, 0.4) is 0 Å². The summed E-state index contributed by atoms with van der Waals surface area (Å²) in [5.41, 5.74) is 7.87. The van der Waals surface area contributed by atoms with Gasteiger partial charge in [0.1, 0.15) is 17.6 Å². The molecule has 1 atom stereocenters. The molecular formula is C23H20N6O2. The zero-order chi connectivity index (χ0) is 21.2. The van der Waals surface area contributed by atoms with Crippen molar-refractivity contribution < 1.29 is 9.63 Å². The van der Waals surface area contributed by atoms with E-state index in [2.05, 4.69) is 36.8 Å². The van der Waals surface area contributed by atoms with Crippen LogP contribution in [0.2, 0.25) is 0 Å². The number of hydrogen-bond donors (Lipinski definition) is 3. The van der Waals surface area contributed by atoms with Gasteiger partial charge in [0.25, 0.3) is 11.8 Å². The molecule has 1 aromatic carbocycles. The van der Waals surface area contributed by atoms with E-state index >= 15 is 0 Å². The van der Waals surface area contributed by atoms with Crippen molar-refractivity contribution in [3.63, 3.8) is 0 Å². The molecule has 0 saturated carbocycles. The normalized spacial score (nSPS) is 15.5. The number of aliphatic imine (C=N–C) groups is 1. The molecule has 3 aromatic heterocycles. The number of fused-ring (bicyclic) bond motifs is 1. The lowest BCUT2D eigenvalue weighted by Crippen LogP contribution is -2.23. The van der Waals surface area contributed by atoms with E-state index in [9.17, 15) is 4.79 Å². The average molecular weight is 412 g/mol. The highest BCUT2D eigenvalue weighted by atomic mass is 16.7. The number of nitrogens with one attached hydrogen (secondary N) is 3. The van der Waals surface area contributed by atoms with Gasteiger partial charge in [-0.25, -0.2) is 4.99 Å². The third kappa shape index (κ3) is 4.01. The first-order valence-electron chi connectivity index (χ1n) is 9.92. The molecule has 1 unspecified atom stereocenters. The number of nitrogens with zero attached hydrogens (tertiary/aromatic N) is 3. The Kier molecular flexibility index (Phi) is 4.89. The smallest absolute Gasteiger partial charge is 0.270 e. The Hall–Kier alpha value is -4.04. The lowest BCUT2D eigenvalue weighted by Gasteiger charge is -2.07. The maximum Gasteiger partial charge on any atom is 0.270 e. The van der Waals surface area contributed by atoms with Crippen LogP contribution in [0, 0.1) is 0 Å². The summed E-state index contributed by atoms with van der Waals surface area (Å²) in [7, 11) is 0. The van der Waals surface area contributed by atoms with Gasteiger partial charge < -0.3 is 15.1 Å². The van der Waals surface area contributed by atoms with Gasteiger partial charge in [-0.1, -0.05) is 6.07 Å². The minimum atomic E-state index is -0.221. The Morgan fingerprint density at radius 3 is 2.71 bits per heavy atom. The van der Waals surface area contributed by atoms with Crippen LogP contribution in [0.25, 0.3) is 22.0 Å². The van der Waals surface area contributed by atoms with E-state index in [1.54, 1.807) is 24.7 Å². The zero-order valence-electron chi connectivity index (χ0n) is 16.8. The second-order valence-corrected chi connectivity index (χ2v) is 7.28. The van der Waals surface area contributed by atoms with Gasteiger partial charge in [0.15, 0.2) is 0 Å². The Morgan fingerprint density at radius 1 is 1.06 bits per heavy atom. The van der Waals surface area contributed by atoms with Crippen LogP contribution in [-0.4, -0.2) is 32.9 Å². The van der Waals surface area contributed by atoms with Gasteiger partial charge in [-0.2, -0.15) is 0 Å². The number of hydrogen-bond acceptors (Lipinski definition) is 6. The number of H-pyrrole nitrogens is 1. The minimum absolute atomic E-state index is 0.0723. The molecule has 31 heavy (non-hydrogen) atoms. The molecule has 0 spiro atoms. The van der Waals surface area contributed by atoms with Crippen molar-refractivity contribution in [3.8, 4) is 11.1 Å². The summed E-state index contributed by atoms with van der Waals surface area (Å²) < 4.78 is 0. The van der Waals surface area contributed by atoms with E-state index in [0.717, 1.165) is 33.3 Å². The van der Waals surface area contributed by atoms with Crippen molar-refractivity contribution >= 4 is 22.7 Å². The molecule has 1 amide bonds. The molecule has 4 heterocycles. The van der Waals surface area contributed by atoms with Gasteiger partial charge in [0.2, 0.25) is 0 Å². The van der Waals surface area contributed by atoms with Crippen LogP contribution in [0.5, 0.6) is 0 Å². The number of pyridine rings is 2. The van der Waals surface area contributed by atoms with E-state index in [1.165, 1.54) is 0 Å². The molecule has 0 saturated heterocycles. The van der Waals surface area contributed by atoms with Crippen molar-refractivity contribution in [2.75, 3.05) is 0 Å². The predicted octanol–water partition coefficient (Wildman–Crippen LogP) is 3.18. The summed E-state index contributed by atoms with van der Waals surface area (Å²) in [6.07, 6.45) is 4.98. The van der Waals surface area contributed by atoms with Gasteiger partial charge in [-0.3, -0.25) is 14.8 Å². The van der Waals surface area contributed by atoms with Gasteiger partial charge in [-0.15, -0.1) is 5.48 Å². The highest BCUT2D eigenvalue weighted by molar-refractivity contribution is 5.99. The van der Waals surface area contributed by atoms with Crippen LogP contribution in [0.4, 0.5) is 0 Å². The molecule has 3 N–H and O–H groups in total. The Labute approximate surface area is 178 Å². The van der Waals surface area contributed by atoms with E-state index in [1.807, 2.05) is 43.3 Å². The Morgan fingerprint density at radius 2 is 1.90 bits per heavy atom. The highest BCUT2D eigenvalue weighted by Gasteiger charge is 2.18. The van der Waals surface area contributed by atoms with Crippen molar-refractivity contribution in [1.29, 1.82) is 0 Å². The highest BCUT2D eigenvalue weighted by Crippen LogP contribution is 2.26. The second kappa shape index (κ2) is 8.00. The number of rotatable bonds is 5. The maximum atomic E-state index is 12.6. The lowest BCUT2D eigenvalue weighted by molar-refractivity contribution is 0.0946. The first kappa shape index (κ1) is 19.0. The third-order valence-electron chi connectivity index (χ3n) is 5.02. The van der Waals surface area contributed by atoms with E-state index in [0.29, 0.717) is 18.1 Å². The summed E-state index contributed by atoms with van der Waals surface area (Å²) in [5.74, 6) is 0.323. The Bertz CT molecular complexity index is 1280. The number of aromatic amines is 1. The van der Waals surface area contributed by atoms with Gasteiger partial charge >= 0.3 is 0 Å². The summed E-state index contributed by atoms with van der Waals surface area (Å²) in [4.78, 5) is 33.9. The first-order chi connectivity index (χ1) is 15.2. The zero-order valence-corrected chi connectivity index (χ0v) is 16.8. The summed E-state index contributed by atoms with van der Waals surface area (Å²) in [5, 5.41) is 3.92. The predicted molar refractivity (Wildman–Crippen MR) is 117 cm³/mol. The van der Waals surface area contributed by atoms with Crippen molar-refractivity contribution in [2.24, 2.45) is 4.99 Å². The maximum absolute atomic E-state index is 12.6. The molecule has 1 aliphatic rings. The van der Waals surface area contributed by atoms with Crippen molar-refractivity contribution in [1.82, 2.24) is 25.7 Å². The molecule has 0 radical (unpaired) electrons. The van der Waals surface area contributed by atoms with Crippen molar-refractivity contribution in [2.45, 2.75) is 19.6 Å². The Balaban J connectivity index is 1.37. The van der Waals surface area contributed by atoms with Crippen LogP contribution in [-0.2, 0) is 11.4 Å². The molecule has 154 valence electrons. The first-order valence-corrected chi connectivity index (χ1v) is 9.92.